The van der Waals surface area contributed by atoms with Crippen molar-refractivity contribution in [1.82, 2.24) is 9.55 Å². The summed E-state index contributed by atoms with van der Waals surface area (Å²) in [6.45, 7) is 4.04. The molecule has 0 fully saturated rings. The first-order valence-electron chi connectivity index (χ1n) is 5.68. The first kappa shape index (κ1) is 12.6. The maximum absolute atomic E-state index is 12.1. The van der Waals surface area contributed by atoms with Gasteiger partial charge in [0.2, 0.25) is 0 Å². The van der Waals surface area contributed by atoms with Crippen molar-refractivity contribution >= 4 is 23.3 Å². The van der Waals surface area contributed by atoms with Crippen LogP contribution in [0.5, 0.6) is 0 Å². The van der Waals surface area contributed by atoms with Crippen molar-refractivity contribution < 1.29 is 4.79 Å². The third-order valence-corrected chi connectivity index (χ3v) is 2.74. The molecule has 2 rings (SSSR count). The molecule has 4 nitrogen and oxygen atoms in total. The molecule has 0 spiro atoms. The van der Waals surface area contributed by atoms with Crippen LogP contribution in [0.2, 0.25) is 5.15 Å². The van der Waals surface area contributed by atoms with Crippen LogP contribution >= 0.6 is 11.6 Å². The highest BCUT2D eigenvalue weighted by Crippen LogP contribution is 2.14. The van der Waals surface area contributed by atoms with Gasteiger partial charge >= 0.3 is 0 Å². The maximum atomic E-state index is 12.1. The van der Waals surface area contributed by atoms with E-state index in [0.29, 0.717) is 16.7 Å². The third kappa shape index (κ3) is 2.71. The number of hydrogen-bond acceptors (Lipinski definition) is 2. The molecule has 2 aromatic rings. The van der Waals surface area contributed by atoms with E-state index in [-0.39, 0.29) is 11.9 Å². The molecule has 1 N–H and O–H groups in total. The minimum absolute atomic E-state index is 0.191. The zero-order valence-corrected chi connectivity index (χ0v) is 11.0. The molecule has 0 radical (unpaired) electrons. The van der Waals surface area contributed by atoms with Gasteiger partial charge in [-0.2, -0.15) is 0 Å². The molecule has 0 aliphatic carbocycles. The van der Waals surface area contributed by atoms with Crippen LogP contribution in [0, 0.1) is 0 Å². The molecule has 0 aliphatic heterocycles. The quantitative estimate of drug-likeness (QED) is 0.863. The second-order valence-electron chi connectivity index (χ2n) is 4.19. The fraction of sp³-hybridized carbons (Fsp3) is 0.231. The molecule has 0 saturated heterocycles. The van der Waals surface area contributed by atoms with Gasteiger partial charge in [0.15, 0.2) is 0 Å². The predicted molar refractivity (Wildman–Crippen MR) is 72.0 cm³/mol. The number of pyridine rings is 1. The molecule has 0 bridgehead atoms. The van der Waals surface area contributed by atoms with Gasteiger partial charge < -0.3 is 9.88 Å². The van der Waals surface area contributed by atoms with Crippen LogP contribution in [0.3, 0.4) is 0 Å². The van der Waals surface area contributed by atoms with E-state index in [2.05, 4.69) is 10.3 Å². The lowest BCUT2D eigenvalue weighted by Crippen LogP contribution is -2.18. The first-order chi connectivity index (χ1) is 8.58. The molecule has 0 saturated carbocycles. The monoisotopic (exact) mass is 263 g/mol. The lowest BCUT2D eigenvalue weighted by molar-refractivity contribution is 0.101. The average Bonchev–Trinajstić information content (AvgIpc) is 2.77. The van der Waals surface area contributed by atoms with Crippen LogP contribution in [-0.2, 0) is 0 Å². The van der Waals surface area contributed by atoms with Gasteiger partial charge in [0.25, 0.3) is 5.91 Å². The summed E-state index contributed by atoms with van der Waals surface area (Å²) in [6.07, 6.45) is 1.88. The van der Waals surface area contributed by atoms with Gasteiger partial charge in [0, 0.05) is 12.2 Å². The number of carbonyl (C=O) groups excluding carboxylic acids is 1. The Kier molecular flexibility index (Phi) is 3.67. The number of nitrogens with one attached hydrogen (secondary N) is 1. The van der Waals surface area contributed by atoms with Crippen molar-refractivity contribution in [2.45, 2.75) is 19.9 Å². The number of hydrogen-bond donors (Lipinski definition) is 1. The maximum Gasteiger partial charge on any atom is 0.273 e. The average molecular weight is 264 g/mol. The number of aromatic nitrogens is 2. The van der Waals surface area contributed by atoms with E-state index in [1.807, 2.05) is 30.7 Å². The van der Waals surface area contributed by atoms with Crippen molar-refractivity contribution in [2.75, 3.05) is 5.32 Å². The Labute approximate surface area is 111 Å². The topological polar surface area (TPSA) is 46.9 Å². The largest absolute Gasteiger partial charge is 0.341 e. The van der Waals surface area contributed by atoms with Gasteiger partial charge in [0.05, 0.1) is 0 Å². The minimum atomic E-state index is -0.191. The Morgan fingerprint density at radius 3 is 2.78 bits per heavy atom. The van der Waals surface area contributed by atoms with Crippen LogP contribution < -0.4 is 5.32 Å². The van der Waals surface area contributed by atoms with Crippen molar-refractivity contribution in [3.8, 4) is 0 Å². The normalized spacial score (nSPS) is 10.7. The Balaban J connectivity index is 2.20. The molecule has 94 valence electrons. The lowest BCUT2D eigenvalue weighted by atomic mass is 10.3. The highest BCUT2D eigenvalue weighted by molar-refractivity contribution is 6.29. The molecule has 5 heteroatoms. The van der Waals surface area contributed by atoms with Crippen molar-refractivity contribution in [3.63, 3.8) is 0 Å². The lowest BCUT2D eigenvalue weighted by Gasteiger charge is -2.12. The van der Waals surface area contributed by atoms with Crippen LogP contribution in [0.25, 0.3) is 0 Å². The number of carbonyl (C=O) groups is 1. The van der Waals surface area contributed by atoms with Gasteiger partial charge in [-0.15, -0.1) is 0 Å². The standard InChI is InChI=1S/C13H14ClN3O/c1-9(2)17-8-4-5-10(17)13(18)16-12-7-3-6-11(14)15-12/h3-9H,1-2H3,(H,15,16,18). The summed E-state index contributed by atoms with van der Waals surface area (Å²) in [4.78, 5) is 16.1. The van der Waals surface area contributed by atoms with Crippen LogP contribution in [0.4, 0.5) is 5.82 Å². The van der Waals surface area contributed by atoms with Crippen molar-refractivity contribution in [3.05, 3.63) is 47.4 Å². The summed E-state index contributed by atoms with van der Waals surface area (Å²) in [5, 5.41) is 3.08. The summed E-state index contributed by atoms with van der Waals surface area (Å²) in [5.74, 6) is 0.257. The summed E-state index contributed by atoms with van der Waals surface area (Å²) in [6, 6.07) is 8.96. The number of anilines is 1. The number of rotatable bonds is 3. The van der Waals surface area contributed by atoms with Gasteiger partial charge in [-0.25, -0.2) is 4.98 Å². The fourth-order valence-electron chi connectivity index (χ4n) is 1.69. The van der Waals surface area contributed by atoms with E-state index in [1.54, 1.807) is 24.3 Å². The number of amides is 1. The van der Waals surface area contributed by atoms with E-state index in [0.717, 1.165) is 0 Å². The molecule has 2 heterocycles. The fourth-order valence-corrected chi connectivity index (χ4v) is 1.86. The molecule has 0 aromatic carbocycles. The first-order valence-corrected chi connectivity index (χ1v) is 6.06. The van der Waals surface area contributed by atoms with E-state index >= 15 is 0 Å². The Hall–Kier alpha value is -1.81. The minimum Gasteiger partial charge on any atom is -0.341 e. The SMILES string of the molecule is CC(C)n1cccc1C(=O)Nc1cccc(Cl)n1. The summed E-state index contributed by atoms with van der Waals surface area (Å²) in [5.41, 5.74) is 0.603. The zero-order valence-electron chi connectivity index (χ0n) is 10.2. The summed E-state index contributed by atoms with van der Waals surface area (Å²) in [7, 11) is 0. The smallest absolute Gasteiger partial charge is 0.273 e. The third-order valence-electron chi connectivity index (χ3n) is 2.52. The number of halogens is 1. The van der Waals surface area contributed by atoms with Gasteiger partial charge in [-0.3, -0.25) is 4.79 Å². The van der Waals surface area contributed by atoms with Crippen LogP contribution in [0.1, 0.15) is 30.4 Å². The van der Waals surface area contributed by atoms with Gasteiger partial charge in [-0.05, 0) is 38.1 Å². The molecule has 1 amide bonds. The second-order valence-corrected chi connectivity index (χ2v) is 4.58. The number of nitrogens with zero attached hydrogens (tertiary/aromatic N) is 2. The molecular weight excluding hydrogens is 250 g/mol. The van der Waals surface area contributed by atoms with Crippen molar-refractivity contribution in [2.24, 2.45) is 0 Å². The Morgan fingerprint density at radius 1 is 1.33 bits per heavy atom. The molecule has 2 aromatic heterocycles. The molecular formula is C13H14ClN3O. The van der Waals surface area contributed by atoms with Crippen LogP contribution in [0.15, 0.2) is 36.5 Å². The van der Waals surface area contributed by atoms with E-state index in [9.17, 15) is 4.79 Å². The summed E-state index contributed by atoms with van der Waals surface area (Å²) >= 11 is 5.77. The molecule has 0 unspecified atom stereocenters. The zero-order chi connectivity index (χ0) is 13.1. The van der Waals surface area contributed by atoms with Gasteiger partial charge in [-0.1, -0.05) is 17.7 Å². The molecule has 0 aliphatic rings. The second kappa shape index (κ2) is 5.23. The van der Waals surface area contributed by atoms with E-state index < -0.39 is 0 Å². The highest BCUT2D eigenvalue weighted by atomic mass is 35.5. The molecule has 0 atom stereocenters. The van der Waals surface area contributed by atoms with Crippen molar-refractivity contribution in [1.29, 1.82) is 0 Å². The highest BCUT2D eigenvalue weighted by Gasteiger charge is 2.13. The summed E-state index contributed by atoms with van der Waals surface area (Å²) < 4.78 is 1.90. The Morgan fingerprint density at radius 2 is 2.11 bits per heavy atom. The Bertz CT molecular complexity index is 563. The van der Waals surface area contributed by atoms with E-state index in [4.69, 9.17) is 11.6 Å². The predicted octanol–water partition coefficient (Wildman–Crippen LogP) is 3.37. The van der Waals surface area contributed by atoms with Crippen LogP contribution in [-0.4, -0.2) is 15.5 Å². The molecule has 18 heavy (non-hydrogen) atoms. The van der Waals surface area contributed by atoms with E-state index in [1.165, 1.54) is 0 Å². The van der Waals surface area contributed by atoms with Gasteiger partial charge in [0.1, 0.15) is 16.7 Å².